The van der Waals surface area contributed by atoms with Gasteiger partial charge in [-0.2, -0.15) is 5.10 Å². The van der Waals surface area contributed by atoms with E-state index in [1.54, 1.807) is 36.4 Å². The van der Waals surface area contributed by atoms with Crippen molar-refractivity contribution in [1.82, 2.24) is 5.43 Å². The second-order valence-corrected chi connectivity index (χ2v) is 5.66. The molecule has 0 aliphatic carbocycles. The molecule has 2 N–H and O–H groups in total. The van der Waals surface area contributed by atoms with Crippen LogP contribution in [0.4, 0.5) is 5.69 Å². The molecule has 0 saturated carbocycles. The number of carbonyl (C=O) groups is 2. The van der Waals surface area contributed by atoms with E-state index >= 15 is 0 Å². The lowest BCUT2D eigenvalue weighted by Crippen LogP contribution is -2.32. The quantitative estimate of drug-likeness (QED) is 0.454. The van der Waals surface area contributed by atoms with E-state index in [0.29, 0.717) is 22.7 Å². The van der Waals surface area contributed by atoms with Crippen LogP contribution in [-0.4, -0.2) is 32.2 Å². The standard InChI is InChI=1S/C17H16BrN3O4/c1-24-14-8-7-12(18)9-11(14)10-19-21-17(23)16(22)20-13-5-3-4-6-15(13)25-2/h3-10H,1-2H3,(H,20,22)(H,21,23). The van der Waals surface area contributed by atoms with Crippen molar-refractivity contribution >= 4 is 39.6 Å². The van der Waals surface area contributed by atoms with Gasteiger partial charge in [-0.25, -0.2) is 5.43 Å². The highest BCUT2D eigenvalue weighted by Gasteiger charge is 2.15. The summed E-state index contributed by atoms with van der Waals surface area (Å²) in [5.74, 6) is -0.732. The molecule has 0 fully saturated rings. The number of anilines is 1. The number of nitrogens with zero attached hydrogens (tertiary/aromatic N) is 1. The zero-order valence-corrected chi connectivity index (χ0v) is 15.2. The number of hydrogen-bond donors (Lipinski definition) is 2. The Kier molecular flexibility index (Phi) is 6.53. The van der Waals surface area contributed by atoms with E-state index in [0.717, 1.165) is 4.47 Å². The van der Waals surface area contributed by atoms with Crippen molar-refractivity contribution in [2.45, 2.75) is 0 Å². The number of hydrogen-bond acceptors (Lipinski definition) is 5. The molecule has 2 aromatic rings. The highest BCUT2D eigenvalue weighted by Crippen LogP contribution is 2.23. The van der Waals surface area contributed by atoms with Crippen molar-refractivity contribution in [3.8, 4) is 11.5 Å². The minimum atomic E-state index is -0.906. The smallest absolute Gasteiger partial charge is 0.329 e. The molecule has 7 nitrogen and oxygen atoms in total. The maximum absolute atomic E-state index is 11.9. The number of nitrogens with one attached hydrogen (secondary N) is 2. The summed E-state index contributed by atoms with van der Waals surface area (Å²) in [6.07, 6.45) is 1.39. The predicted octanol–water partition coefficient (Wildman–Crippen LogP) is 2.56. The van der Waals surface area contributed by atoms with Gasteiger partial charge in [-0.05, 0) is 30.3 Å². The summed E-state index contributed by atoms with van der Waals surface area (Å²) in [5.41, 5.74) is 3.20. The van der Waals surface area contributed by atoms with Gasteiger partial charge in [0.25, 0.3) is 0 Å². The van der Waals surface area contributed by atoms with Crippen molar-refractivity contribution < 1.29 is 19.1 Å². The van der Waals surface area contributed by atoms with E-state index in [9.17, 15) is 9.59 Å². The van der Waals surface area contributed by atoms with Crippen LogP contribution in [0, 0.1) is 0 Å². The molecule has 0 radical (unpaired) electrons. The first-order chi connectivity index (χ1) is 12.0. The van der Waals surface area contributed by atoms with E-state index in [-0.39, 0.29) is 0 Å². The molecule has 0 aromatic heterocycles. The number of benzene rings is 2. The summed E-state index contributed by atoms with van der Waals surface area (Å²) in [5, 5.41) is 6.24. The molecule has 0 heterocycles. The molecule has 2 aromatic carbocycles. The lowest BCUT2D eigenvalue weighted by Gasteiger charge is -2.08. The highest BCUT2D eigenvalue weighted by atomic mass is 79.9. The van der Waals surface area contributed by atoms with Gasteiger partial charge in [0.2, 0.25) is 0 Å². The molecule has 0 atom stereocenters. The Morgan fingerprint density at radius 2 is 1.76 bits per heavy atom. The summed E-state index contributed by atoms with van der Waals surface area (Å²) in [6, 6.07) is 12.1. The zero-order valence-electron chi connectivity index (χ0n) is 13.6. The molecule has 0 aliphatic heterocycles. The fourth-order valence-corrected chi connectivity index (χ4v) is 2.32. The highest BCUT2D eigenvalue weighted by molar-refractivity contribution is 9.10. The van der Waals surface area contributed by atoms with Crippen molar-refractivity contribution in [2.75, 3.05) is 19.5 Å². The van der Waals surface area contributed by atoms with Crippen LogP contribution < -0.4 is 20.2 Å². The molecule has 0 aliphatic rings. The summed E-state index contributed by atoms with van der Waals surface area (Å²) < 4.78 is 11.1. The number of para-hydroxylation sites is 2. The predicted molar refractivity (Wildman–Crippen MR) is 98.1 cm³/mol. The first kappa shape index (κ1) is 18.5. The van der Waals surface area contributed by atoms with E-state index < -0.39 is 11.8 Å². The summed E-state index contributed by atoms with van der Waals surface area (Å²) >= 11 is 3.34. The van der Waals surface area contributed by atoms with Crippen LogP contribution in [0.1, 0.15) is 5.56 Å². The van der Waals surface area contributed by atoms with Crippen LogP contribution in [0.5, 0.6) is 11.5 Å². The van der Waals surface area contributed by atoms with Crippen molar-refractivity contribution in [2.24, 2.45) is 5.10 Å². The average Bonchev–Trinajstić information content (AvgIpc) is 2.62. The van der Waals surface area contributed by atoms with Gasteiger partial charge < -0.3 is 14.8 Å². The number of carbonyl (C=O) groups excluding carboxylic acids is 2. The first-order valence-electron chi connectivity index (χ1n) is 7.16. The average molecular weight is 406 g/mol. The number of hydrazone groups is 1. The van der Waals surface area contributed by atoms with Gasteiger partial charge in [-0.15, -0.1) is 0 Å². The summed E-state index contributed by atoms with van der Waals surface area (Å²) in [7, 11) is 3.00. The van der Waals surface area contributed by atoms with Crippen LogP contribution in [0.15, 0.2) is 52.0 Å². The third-order valence-corrected chi connectivity index (χ3v) is 3.62. The summed E-state index contributed by atoms with van der Waals surface area (Å²) in [4.78, 5) is 23.8. The fourth-order valence-electron chi connectivity index (χ4n) is 1.94. The maximum atomic E-state index is 11.9. The lowest BCUT2D eigenvalue weighted by atomic mass is 10.2. The van der Waals surface area contributed by atoms with Gasteiger partial charge in [-0.1, -0.05) is 28.1 Å². The van der Waals surface area contributed by atoms with Crippen molar-refractivity contribution in [3.05, 3.63) is 52.5 Å². The topological polar surface area (TPSA) is 89.0 Å². The molecular formula is C17H16BrN3O4. The minimum Gasteiger partial charge on any atom is -0.496 e. The molecule has 2 amide bonds. The van der Waals surface area contributed by atoms with Crippen LogP contribution in [0.25, 0.3) is 0 Å². The molecule has 25 heavy (non-hydrogen) atoms. The number of methoxy groups -OCH3 is 2. The van der Waals surface area contributed by atoms with Crippen molar-refractivity contribution in [1.29, 1.82) is 0 Å². The number of amides is 2. The number of ether oxygens (including phenoxy) is 2. The van der Waals surface area contributed by atoms with Crippen molar-refractivity contribution in [3.63, 3.8) is 0 Å². The van der Waals surface area contributed by atoms with Gasteiger partial charge >= 0.3 is 11.8 Å². The Morgan fingerprint density at radius 3 is 2.48 bits per heavy atom. The van der Waals surface area contributed by atoms with Gasteiger partial charge in [-0.3, -0.25) is 9.59 Å². The monoisotopic (exact) mass is 405 g/mol. The summed E-state index contributed by atoms with van der Waals surface area (Å²) in [6.45, 7) is 0. The van der Waals surface area contributed by atoms with Crippen LogP contribution in [0.2, 0.25) is 0 Å². The van der Waals surface area contributed by atoms with E-state index in [1.807, 2.05) is 6.07 Å². The molecule has 0 spiro atoms. The number of rotatable bonds is 5. The second-order valence-electron chi connectivity index (χ2n) is 4.74. The Morgan fingerprint density at radius 1 is 1.04 bits per heavy atom. The molecule has 2 rings (SSSR count). The number of halogens is 1. The van der Waals surface area contributed by atoms with E-state index in [2.05, 4.69) is 31.8 Å². The zero-order chi connectivity index (χ0) is 18.2. The van der Waals surface area contributed by atoms with Crippen LogP contribution in [0.3, 0.4) is 0 Å². The minimum absolute atomic E-state index is 0.391. The Bertz CT molecular complexity index is 808. The van der Waals surface area contributed by atoms with E-state index in [1.165, 1.54) is 20.4 Å². The van der Waals surface area contributed by atoms with Gasteiger partial charge in [0.05, 0.1) is 26.1 Å². The van der Waals surface area contributed by atoms with Gasteiger partial charge in [0, 0.05) is 10.0 Å². The van der Waals surface area contributed by atoms with Crippen LogP contribution >= 0.6 is 15.9 Å². The third-order valence-electron chi connectivity index (χ3n) is 3.12. The molecule has 0 bridgehead atoms. The fraction of sp³-hybridized carbons (Fsp3) is 0.118. The second kappa shape index (κ2) is 8.84. The Hall–Kier alpha value is -2.87. The Labute approximate surface area is 153 Å². The molecule has 0 unspecified atom stereocenters. The SMILES string of the molecule is COc1ccc(Br)cc1C=NNC(=O)C(=O)Nc1ccccc1OC. The largest absolute Gasteiger partial charge is 0.496 e. The maximum Gasteiger partial charge on any atom is 0.329 e. The first-order valence-corrected chi connectivity index (χ1v) is 7.95. The van der Waals surface area contributed by atoms with Gasteiger partial charge in [0.15, 0.2) is 0 Å². The lowest BCUT2D eigenvalue weighted by molar-refractivity contribution is -0.136. The third kappa shape index (κ3) is 5.05. The van der Waals surface area contributed by atoms with Crippen LogP contribution in [-0.2, 0) is 9.59 Å². The molecule has 130 valence electrons. The molecule has 8 heteroatoms. The normalized spacial score (nSPS) is 10.4. The molecule has 0 saturated heterocycles. The Balaban J connectivity index is 2.00. The molecular weight excluding hydrogens is 390 g/mol. The van der Waals surface area contributed by atoms with E-state index in [4.69, 9.17) is 9.47 Å². The van der Waals surface area contributed by atoms with Gasteiger partial charge in [0.1, 0.15) is 11.5 Å².